The van der Waals surface area contributed by atoms with E-state index in [0.717, 1.165) is 0 Å². The van der Waals surface area contributed by atoms with E-state index in [1.165, 1.54) is 32.1 Å². The lowest BCUT2D eigenvalue weighted by atomic mass is 9.89. The van der Waals surface area contributed by atoms with Crippen LogP contribution in [0.1, 0.15) is 32.1 Å². The van der Waals surface area contributed by atoms with Crippen LogP contribution in [0.4, 0.5) is 10.5 Å². The summed E-state index contributed by atoms with van der Waals surface area (Å²) in [6, 6.07) is 4.65. The number of anilines is 1. The molecule has 1 aromatic carbocycles. The van der Waals surface area contributed by atoms with Gasteiger partial charge in [0.2, 0.25) is 0 Å². The molecule has 1 fully saturated rings. The van der Waals surface area contributed by atoms with Gasteiger partial charge in [-0.25, -0.2) is 4.79 Å². The average Bonchev–Trinajstić information content (AvgIpc) is 2.43. The van der Waals surface area contributed by atoms with Crippen LogP contribution in [-0.2, 0) is 0 Å². The summed E-state index contributed by atoms with van der Waals surface area (Å²) in [5.41, 5.74) is 0.541. The number of rotatable bonds is 3. The zero-order valence-electron chi connectivity index (χ0n) is 11.2. The van der Waals surface area contributed by atoms with Crippen molar-refractivity contribution in [1.82, 2.24) is 5.32 Å². The van der Waals surface area contributed by atoms with E-state index in [9.17, 15) is 4.79 Å². The summed E-state index contributed by atoms with van der Waals surface area (Å²) < 4.78 is 0. The number of amides is 2. The highest BCUT2D eigenvalue weighted by Crippen LogP contribution is 2.25. The van der Waals surface area contributed by atoms with Gasteiger partial charge < -0.3 is 10.6 Å². The molecular weight excluding hydrogens is 295 g/mol. The molecule has 1 aliphatic carbocycles. The minimum atomic E-state index is -0.304. The molecule has 108 valence electrons. The molecule has 1 aliphatic rings. The number of carbonyl (C=O) groups excluding carboxylic acids is 1. The standard InChI is InChI=1S/C15H18Cl2N2O/c16-12-6-7-14(13(17)10-12)19-15(20)18-9-8-11-4-2-1-3-5-11/h6-11H,1-5H2,(H2,18,19,20)/b9-8+. The van der Waals surface area contributed by atoms with Crippen molar-refractivity contribution in [3.8, 4) is 0 Å². The number of hydrogen-bond acceptors (Lipinski definition) is 1. The first kappa shape index (κ1) is 15.2. The normalized spacial score (nSPS) is 16.3. The maximum atomic E-state index is 11.7. The van der Waals surface area contributed by atoms with Gasteiger partial charge in [-0.15, -0.1) is 0 Å². The molecule has 0 radical (unpaired) electrons. The molecule has 0 saturated heterocycles. The highest BCUT2D eigenvalue weighted by Gasteiger charge is 2.10. The van der Waals surface area contributed by atoms with Gasteiger partial charge in [0.05, 0.1) is 10.7 Å². The summed E-state index contributed by atoms with van der Waals surface area (Å²) in [7, 11) is 0. The van der Waals surface area contributed by atoms with Crippen LogP contribution in [0.5, 0.6) is 0 Å². The molecule has 0 atom stereocenters. The lowest BCUT2D eigenvalue weighted by Crippen LogP contribution is -2.24. The van der Waals surface area contributed by atoms with E-state index in [1.54, 1.807) is 24.4 Å². The van der Waals surface area contributed by atoms with Crippen molar-refractivity contribution < 1.29 is 4.79 Å². The second kappa shape index (κ2) is 7.55. The maximum Gasteiger partial charge on any atom is 0.323 e. The van der Waals surface area contributed by atoms with Gasteiger partial charge in [-0.1, -0.05) is 48.5 Å². The van der Waals surface area contributed by atoms with Gasteiger partial charge >= 0.3 is 6.03 Å². The summed E-state index contributed by atoms with van der Waals surface area (Å²) in [6.45, 7) is 0. The maximum absolute atomic E-state index is 11.7. The number of urea groups is 1. The van der Waals surface area contributed by atoms with E-state index in [1.807, 2.05) is 0 Å². The third-order valence-corrected chi connectivity index (χ3v) is 3.96. The Morgan fingerprint density at radius 1 is 1.20 bits per heavy atom. The van der Waals surface area contributed by atoms with E-state index >= 15 is 0 Å². The Balaban J connectivity index is 1.81. The molecule has 20 heavy (non-hydrogen) atoms. The molecule has 1 saturated carbocycles. The molecule has 0 aliphatic heterocycles. The zero-order valence-corrected chi connectivity index (χ0v) is 12.7. The number of halogens is 2. The van der Waals surface area contributed by atoms with E-state index in [2.05, 4.69) is 16.7 Å². The molecule has 3 nitrogen and oxygen atoms in total. The second-order valence-corrected chi connectivity index (χ2v) is 5.82. The molecule has 2 amide bonds. The molecule has 0 heterocycles. The summed E-state index contributed by atoms with van der Waals surface area (Å²) in [5.74, 6) is 0.586. The number of nitrogens with one attached hydrogen (secondary N) is 2. The van der Waals surface area contributed by atoms with Crippen LogP contribution in [0.15, 0.2) is 30.5 Å². The first-order chi connectivity index (χ1) is 9.65. The molecule has 5 heteroatoms. The van der Waals surface area contributed by atoms with Crippen molar-refractivity contribution >= 4 is 34.9 Å². The van der Waals surface area contributed by atoms with Crippen LogP contribution in [0.2, 0.25) is 10.0 Å². The number of benzene rings is 1. The third-order valence-electron chi connectivity index (χ3n) is 3.41. The predicted octanol–water partition coefficient (Wildman–Crippen LogP) is 5.21. The van der Waals surface area contributed by atoms with Crippen molar-refractivity contribution in [3.05, 3.63) is 40.5 Å². The monoisotopic (exact) mass is 312 g/mol. The molecule has 2 rings (SSSR count). The fourth-order valence-corrected chi connectivity index (χ4v) is 2.79. The largest absolute Gasteiger partial charge is 0.323 e. The molecule has 2 N–H and O–H groups in total. The fourth-order valence-electron chi connectivity index (χ4n) is 2.34. The summed E-state index contributed by atoms with van der Waals surface area (Å²) in [4.78, 5) is 11.7. The molecule has 0 spiro atoms. The van der Waals surface area contributed by atoms with Gasteiger partial charge in [-0.3, -0.25) is 0 Å². The van der Waals surface area contributed by atoms with Crippen molar-refractivity contribution in [3.63, 3.8) is 0 Å². The van der Waals surface area contributed by atoms with Crippen molar-refractivity contribution in [1.29, 1.82) is 0 Å². The lowest BCUT2D eigenvalue weighted by molar-refractivity contribution is 0.255. The molecular formula is C15H18Cl2N2O. The third kappa shape index (κ3) is 4.73. The van der Waals surface area contributed by atoms with E-state index in [0.29, 0.717) is 21.7 Å². The van der Waals surface area contributed by atoms with Gasteiger partial charge in [0.25, 0.3) is 0 Å². The fraction of sp³-hybridized carbons (Fsp3) is 0.400. The molecule has 1 aromatic rings. The zero-order chi connectivity index (χ0) is 14.4. The Morgan fingerprint density at radius 3 is 2.65 bits per heavy atom. The molecule has 0 aromatic heterocycles. The van der Waals surface area contributed by atoms with E-state index in [-0.39, 0.29) is 6.03 Å². The first-order valence-electron chi connectivity index (χ1n) is 6.84. The van der Waals surface area contributed by atoms with Crippen LogP contribution in [-0.4, -0.2) is 6.03 Å². The lowest BCUT2D eigenvalue weighted by Gasteiger charge is -2.17. The summed E-state index contributed by atoms with van der Waals surface area (Å²) in [5, 5.41) is 6.34. The van der Waals surface area contributed by atoms with Crippen molar-refractivity contribution in [2.45, 2.75) is 32.1 Å². The minimum Gasteiger partial charge on any atom is -0.315 e. The number of carbonyl (C=O) groups is 1. The van der Waals surface area contributed by atoms with Gasteiger partial charge in [0.1, 0.15) is 0 Å². The Labute approximate surface area is 129 Å². The van der Waals surface area contributed by atoms with E-state index in [4.69, 9.17) is 23.2 Å². The Hall–Kier alpha value is -1.19. The quantitative estimate of drug-likeness (QED) is 0.790. The Kier molecular flexibility index (Phi) is 5.74. The van der Waals surface area contributed by atoms with Crippen LogP contribution in [0, 0.1) is 5.92 Å². The second-order valence-electron chi connectivity index (χ2n) is 4.98. The summed E-state index contributed by atoms with van der Waals surface area (Å²) in [6.07, 6.45) is 10.1. The predicted molar refractivity (Wildman–Crippen MR) is 84.3 cm³/mol. The van der Waals surface area contributed by atoms with Gasteiger partial charge in [0, 0.05) is 11.2 Å². The number of allylic oxidation sites excluding steroid dienone is 1. The van der Waals surface area contributed by atoms with Crippen LogP contribution in [0.25, 0.3) is 0 Å². The SMILES string of the molecule is O=C(N/C=C/C1CCCCC1)Nc1ccc(Cl)cc1Cl. The highest BCUT2D eigenvalue weighted by molar-refractivity contribution is 6.36. The van der Waals surface area contributed by atoms with Crippen molar-refractivity contribution in [2.75, 3.05) is 5.32 Å². The molecule has 0 unspecified atom stereocenters. The first-order valence-corrected chi connectivity index (χ1v) is 7.60. The highest BCUT2D eigenvalue weighted by atomic mass is 35.5. The topological polar surface area (TPSA) is 41.1 Å². The van der Waals surface area contributed by atoms with Crippen LogP contribution in [0.3, 0.4) is 0 Å². The van der Waals surface area contributed by atoms with Gasteiger partial charge in [-0.2, -0.15) is 0 Å². The van der Waals surface area contributed by atoms with Crippen LogP contribution >= 0.6 is 23.2 Å². The Bertz CT molecular complexity index is 497. The van der Waals surface area contributed by atoms with Gasteiger partial charge in [-0.05, 0) is 37.0 Å². The van der Waals surface area contributed by atoms with Gasteiger partial charge in [0.15, 0.2) is 0 Å². The Morgan fingerprint density at radius 2 is 1.95 bits per heavy atom. The van der Waals surface area contributed by atoms with Crippen molar-refractivity contribution in [2.24, 2.45) is 5.92 Å². The van der Waals surface area contributed by atoms with Crippen LogP contribution < -0.4 is 10.6 Å². The smallest absolute Gasteiger partial charge is 0.315 e. The average molecular weight is 313 g/mol. The minimum absolute atomic E-state index is 0.304. The van der Waals surface area contributed by atoms with E-state index < -0.39 is 0 Å². The summed E-state index contributed by atoms with van der Waals surface area (Å²) >= 11 is 11.8. The number of hydrogen-bond donors (Lipinski definition) is 2. The molecule has 0 bridgehead atoms.